The van der Waals surface area contributed by atoms with Crippen LogP contribution in [0.25, 0.3) is 5.69 Å². The second-order valence-corrected chi connectivity index (χ2v) is 7.48. The largest absolute Gasteiger partial charge is 0.325 e. The molecule has 5 nitrogen and oxygen atoms in total. The summed E-state index contributed by atoms with van der Waals surface area (Å²) in [5, 5.41) is 11.8. The number of nitrogens with zero attached hydrogens (tertiary/aromatic N) is 3. The van der Waals surface area contributed by atoms with Gasteiger partial charge in [-0.1, -0.05) is 55.9 Å². The van der Waals surface area contributed by atoms with E-state index >= 15 is 0 Å². The number of aryl methyl sites for hydroxylation is 1. The standard InChI is InChI=1S/C21H24N4OS/c1-4-15(2)17-9-11-18(12-10-17)23-20(26)13-27-21-24-22-14-25(21)19-8-6-5-7-16(19)3/h5-12,14-15H,4,13H2,1-3H3,(H,23,26). The van der Waals surface area contributed by atoms with Crippen LogP contribution in [0.2, 0.25) is 0 Å². The van der Waals surface area contributed by atoms with Gasteiger partial charge in [-0.15, -0.1) is 10.2 Å². The molecule has 3 rings (SSSR count). The van der Waals surface area contributed by atoms with E-state index in [9.17, 15) is 4.79 Å². The normalized spacial score (nSPS) is 12.0. The minimum atomic E-state index is -0.0596. The van der Waals surface area contributed by atoms with Crippen molar-refractivity contribution in [1.29, 1.82) is 0 Å². The predicted molar refractivity (Wildman–Crippen MR) is 111 cm³/mol. The number of amides is 1. The fourth-order valence-electron chi connectivity index (χ4n) is 2.78. The van der Waals surface area contributed by atoms with Crippen molar-refractivity contribution >= 4 is 23.4 Å². The van der Waals surface area contributed by atoms with Crippen molar-refractivity contribution in [3.63, 3.8) is 0 Å². The van der Waals surface area contributed by atoms with Crippen LogP contribution < -0.4 is 5.32 Å². The van der Waals surface area contributed by atoms with Crippen molar-refractivity contribution in [2.75, 3.05) is 11.1 Å². The summed E-state index contributed by atoms with van der Waals surface area (Å²) in [6, 6.07) is 16.1. The van der Waals surface area contributed by atoms with Gasteiger partial charge in [-0.3, -0.25) is 9.36 Å². The maximum absolute atomic E-state index is 12.3. The molecule has 27 heavy (non-hydrogen) atoms. The SMILES string of the molecule is CCC(C)c1ccc(NC(=O)CSc2nncn2-c2ccccc2C)cc1. The molecular formula is C21H24N4OS. The number of carbonyl (C=O) groups is 1. The number of carbonyl (C=O) groups excluding carboxylic acids is 1. The van der Waals surface area contributed by atoms with Crippen LogP contribution in [0.15, 0.2) is 60.0 Å². The van der Waals surface area contributed by atoms with Crippen LogP contribution in [0, 0.1) is 6.92 Å². The molecule has 0 aliphatic heterocycles. The zero-order valence-electron chi connectivity index (χ0n) is 15.8. The van der Waals surface area contributed by atoms with Crippen molar-refractivity contribution in [2.24, 2.45) is 0 Å². The highest BCUT2D eigenvalue weighted by Gasteiger charge is 2.12. The van der Waals surface area contributed by atoms with Crippen molar-refractivity contribution in [3.8, 4) is 5.69 Å². The number of benzene rings is 2. The lowest BCUT2D eigenvalue weighted by atomic mass is 9.99. The lowest BCUT2D eigenvalue weighted by molar-refractivity contribution is -0.113. The Kier molecular flexibility index (Phi) is 6.29. The number of anilines is 1. The van der Waals surface area contributed by atoms with Gasteiger partial charge in [-0.25, -0.2) is 0 Å². The van der Waals surface area contributed by atoms with Crippen molar-refractivity contribution in [1.82, 2.24) is 14.8 Å². The second-order valence-electron chi connectivity index (χ2n) is 6.54. The molecule has 0 saturated carbocycles. The highest BCUT2D eigenvalue weighted by atomic mass is 32.2. The zero-order chi connectivity index (χ0) is 19.2. The number of aromatic nitrogens is 3. The molecule has 0 spiro atoms. The third-order valence-electron chi connectivity index (χ3n) is 4.60. The molecule has 1 unspecified atom stereocenters. The molecule has 1 N–H and O–H groups in total. The van der Waals surface area contributed by atoms with E-state index in [0.717, 1.165) is 23.4 Å². The van der Waals surface area contributed by atoms with Crippen LogP contribution in [-0.4, -0.2) is 26.4 Å². The molecular weight excluding hydrogens is 356 g/mol. The smallest absolute Gasteiger partial charge is 0.234 e. The lowest BCUT2D eigenvalue weighted by Crippen LogP contribution is -2.14. The van der Waals surface area contributed by atoms with Gasteiger partial charge in [0.2, 0.25) is 5.91 Å². The Bertz CT molecular complexity index is 905. The van der Waals surface area contributed by atoms with Gasteiger partial charge in [-0.05, 0) is 48.6 Å². The average Bonchev–Trinajstić information content (AvgIpc) is 3.15. The van der Waals surface area contributed by atoms with E-state index in [1.807, 2.05) is 47.9 Å². The van der Waals surface area contributed by atoms with Crippen LogP contribution in [0.1, 0.15) is 37.3 Å². The molecule has 0 bridgehead atoms. The first-order chi connectivity index (χ1) is 13.1. The number of para-hydroxylation sites is 1. The summed E-state index contributed by atoms with van der Waals surface area (Å²) in [7, 11) is 0. The first-order valence-electron chi connectivity index (χ1n) is 9.07. The Morgan fingerprint density at radius 1 is 1.19 bits per heavy atom. The molecule has 0 fully saturated rings. The van der Waals surface area contributed by atoms with E-state index in [1.54, 1.807) is 6.33 Å². The molecule has 2 aromatic carbocycles. The zero-order valence-corrected chi connectivity index (χ0v) is 16.7. The molecule has 1 aromatic heterocycles. The van der Waals surface area contributed by atoms with E-state index < -0.39 is 0 Å². The average molecular weight is 381 g/mol. The van der Waals surface area contributed by atoms with Crippen LogP contribution in [-0.2, 0) is 4.79 Å². The third kappa shape index (κ3) is 4.77. The van der Waals surface area contributed by atoms with E-state index in [-0.39, 0.29) is 11.7 Å². The van der Waals surface area contributed by atoms with Gasteiger partial charge in [0, 0.05) is 5.69 Å². The highest BCUT2D eigenvalue weighted by molar-refractivity contribution is 7.99. The lowest BCUT2D eigenvalue weighted by Gasteiger charge is -2.11. The van der Waals surface area contributed by atoms with E-state index in [4.69, 9.17) is 0 Å². The summed E-state index contributed by atoms with van der Waals surface area (Å²) in [6.45, 7) is 6.42. The summed E-state index contributed by atoms with van der Waals surface area (Å²) in [4.78, 5) is 12.3. The maximum Gasteiger partial charge on any atom is 0.234 e. The number of nitrogens with one attached hydrogen (secondary N) is 1. The fourth-order valence-corrected chi connectivity index (χ4v) is 3.50. The summed E-state index contributed by atoms with van der Waals surface area (Å²) in [5.41, 5.74) is 4.25. The first kappa shape index (κ1) is 19.2. The Balaban J connectivity index is 1.61. The maximum atomic E-state index is 12.3. The molecule has 0 saturated heterocycles. The van der Waals surface area contributed by atoms with Gasteiger partial charge >= 0.3 is 0 Å². The molecule has 0 aliphatic carbocycles. The van der Waals surface area contributed by atoms with Gasteiger partial charge in [-0.2, -0.15) is 0 Å². The van der Waals surface area contributed by atoms with Crippen molar-refractivity contribution in [3.05, 3.63) is 66.0 Å². The summed E-state index contributed by atoms with van der Waals surface area (Å²) >= 11 is 1.37. The highest BCUT2D eigenvalue weighted by Crippen LogP contribution is 2.23. The van der Waals surface area contributed by atoms with Gasteiger partial charge in [0.1, 0.15) is 6.33 Å². The molecule has 6 heteroatoms. The fraction of sp³-hybridized carbons (Fsp3) is 0.286. The van der Waals surface area contributed by atoms with Crippen LogP contribution in [0.3, 0.4) is 0 Å². The number of hydrogen-bond acceptors (Lipinski definition) is 4. The van der Waals surface area contributed by atoms with Gasteiger partial charge in [0.15, 0.2) is 5.16 Å². The summed E-state index contributed by atoms with van der Waals surface area (Å²) in [5.74, 6) is 0.742. The monoisotopic (exact) mass is 380 g/mol. The predicted octanol–water partition coefficient (Wildman–Crippen LogP) is 4.82. The molecule has 0 radical (unpaired) electrons. The minimum absolute atomic E-state index is 0.0596. The van der Waals surface area contributed by atoms with Crippen LogP contribution in [0.4, 0.5) is 5.69 Å². The number of rotatable bonds is 7. The number of thioether (sulfide) groups is 1. The topological polar surface area (TPSA) is 59.8 Å². The van der Waals surface area contributed by atoms with E-state index in [1.165, 1.54) is 17.3 Å². The van der Waals surface area contributed by atoms with Gasteiger partial charge < -0.3 is 5.32 Å². The van der Waals surface area contributed by atoms with Gasteiger partial charge in [0.05, 0.1) is 11.4 Å². The van der Waals surface area contributed by atoms with Crippen LogP contribution >= 0.6 is 11.8 Å². The van der Waals surface area contributed by atoms with Crippen molar-refractivity contribution in [2.45, 2.75) is 38.3 Å². The Hall–Kier alpha value is -2.60. The Morgan fingerprint density at radius 2 is 1.93 bits per heavy atom. The minimum Gasteiger partial charge on any atom is -0.325 e. The Labute approximate surface area is 164 Å². The number of hydrogen-bond donors (Lipinski definition) is 1. The Morgan fingerprint density at radius 3 is 2.63 bits per heavy atom. The molecule has 0 aliphatic rings. The quantitative estimate of drug-likeness (QED) is 0.597. The third-order valence-corrected chi connectivity index (χ3v) is 5.54. The summed E-state index contributed by atoms with van der Waals surface area (Å²) in [6.07, 6.45) is 2.78. The summed E-state index contributed by atoms with van der Waals surface area (Å²) < 4.78 is 1.91. The molecule has 3 aromatic rings. The molecule has 140 valence electrons. The first-order valence-corrected chi connectivity index (χ1v) is 10.1. The van der Waals surface area contributed by atoms with E-state index in [2.05, 4.69) is 41.5 Å². The van der Waals surface area contributed by atoms with E-state index in [0.29, 0.717) is 11.1 Å². The molecule has 1 amide bonds. The van der Waals surface area contributed by atoms with Crippen molar-refractivity contribution < 1.29 is 4.79 Å². The van der Waals surface area contributed by atoms with Gasteiger partial charge in [0.25, 0.3) is 0 Å². The molecule has 1 heterocycles. The molecule has 1 atom stereocenters. The second kappa shape index (κ2) is 8.86. The van der Waals surface area contributed by atoms with Crippen LogP contribution in [0.5, 0.6) is 0 Å².